The summed E-state index contributed by atoms with van der Waals surface area (Å²) in [7, 11) is -3.11. The van der Waals surface area contributed by atoms with Gasteiger partial charge < -0.3 is 0 Å². The van der Waals surface area contributed by atoms with Crippen LogP contribution >= 0.6 is 0 Å². The number of hydrogen-bond donors (Lipinski definition) is 2. The molecule has 1 atom stereocenters. The second kappa shape index (κ2) is 4.26. The molecule has 0 amide bonds. The third-order valence-corrected chi connectivity index (χ3v) is 6.20. The van der Waals surface area contributed by atoms with E-state index in [0.29, 0.717) is 0 Å². The topological polar surface area (TPSA) is 87.7 Å². The van der Waals surface area contributed by atoms with E-state index in [-0.39, 0.29) is 11.3 Å². The van der Waals surface area contributed by atoms with E-state index in [2.05, 4.69) is 19.9 Å². The average Bonchev–Trinajstić information content (AvgIpc) is 3.17. The van der Waals surface area contributed by atoms with Gasteiger partial charge >= 0.3 is 0 Å². The van der Waals surface area contributed by atoms with E-state index in [4.69, 9.17) is 0 Å². The van der Waals surface area contributed by atoms with Crippen LogP contribution in [0.3, 0.4) is 0 Å². The second-order valence-corrected chi connectivity index (χ2v) is 7.69. The van der Waals surface area contributed by atoms with Gasteiger partial charge in [0.15, 0.2) is 5.65 Å². The van der Waals surface area contributed by atoms with Gasteiger partial charge in [-0.05, 0) is 43.2 Å². The van der Waals surface area contributed by atoms with Crippen molar-refractivity contribution in [3.8, 4) is 0 Å². The smallest absolute Gasteiger partial charge is 0.214 e. The largest absolute Gasteiger partial charge is 0.261 e. The molecule has 0 radical (unpaired) electrons. The molecule has 2 aromatic rings. The highest BCUT2D eigenvalue weighted by Crippen LogP contribution is 2.30. The molecule has 0 bridgehead atoms. The molecule has 2 N–H and O–H groups in total. The molecule has 2 aliphatic carbocycles. The summed E-state index contributed by atoms with van der Waals surface area (Å²) in [5.74, 6) is 0. The molecule has 0 saturated heterocycles. The van der Waals surface area contributed by atoms with Crippen molar-refractivity contribution in [2.24, 2.45) is 0 Å². The maximum Gasteiger partial charge on any atom is 0.214 e. The molecule has 0 aliphatic heterocycles. The van der Waals surface area contributed by atoms with Gasteiger partial charge in [0.05, 0.1) is 11.4 Å². The molecule has 106 valence electrons. The molecular weight excluding hydrogens is 276 g/mol. The molecule has 6 nitrogen and oxygen atoms in total. The van der Waals surface area contributed by atoms with E-state index in [1.165, 1.54) is 5.56 Å². The molecule has 20 heavy (non-hydrogen) atoms. The normalized spacial score (nSPS) is 22.9. The molecule has 7 heteroatoms. The van der Waals surface area contributed by atoms with Gasteiger partial charge in [-0.3, -0.25) is 5.10 Å². The lowest BCUT2D eigenvalue weighted by atomic mass is 9.88. The SMILES string of the molecule is O=S(=O)(NC1CCc2c(cnc3[nH]ncc23)C1)C1CC1. The van der Waals surface area contributed by atoms with Crippen LogP contribution in [0.5, 0.6) is 0 Å². The first kappa shape index (κ1) is 12.3. The van der Waals surface area contributed by atoms with Crippen LogP contribution < -0.4 is 4.72 Å². The molecule has 4 rings (SSSR count). The fourth-order valence-electron chi connectivity index (χ4n) is 2.96. The molecule has 1 fully saturated rings. The Hall–Kier alpha value is -1.47. The molecule has 2 heterocycles. The van der Waals surface area contributed by atoms with Crippen LogP contribution in [0.15, 0.2) is 12.4 Å². The van der Waals surface area contributed by atoms with Gasteiger partial charge in [-0.2, -0.15) is 5.10 Å². The van der Waals surface area contributed by atoms with Gasteiger partial charge in [-0.1, -0.05) is 0 Å². The lowest BCUT2D eigenvalue weighted by Gasteiger charge is -2.25. The first-order valence-electron chi connectivity index (χ1n) is 6.94. The monoisotopic (exact) mass is 292 g/mol. The van der Waals surface area contributed by atoms with Crippen LogP contribution in [0, 0.1) is 0 Å². The third kappa shape index (κ3) is 2.01. The summed E-state index contributed by atoms with van der Waals surface area (Å²) < 4.78 is 26.9. The van der Waals surface area contributed by atoms with Crippen LogP contribution in [0.4, 0.5) is 0 Å². The highest BCUT2D eigenvalue weighted by molar-refractivity contribution is 7.90. The summed E-state index contributed by atoms with van der Waals surface area (Å²) in [5, 5.41) is 7.80. The summed E-state index contributed by atoms with van der Waals surface area (Å²) >= 11 is 0. The van der Waals surface area contributed by atoms with Crippen molar-refractivity contribution in [3.05, 3.63) is 23.5 Å². The first-order valence-corrected chi connectivity index (χ1v) is 8.49. The fraction of sp³-hybridized carbons (Fsp3) is 0.538. The lowest BCUT2D eigenvalue weighted by Crippen LogP contribution is -2.40. The minimum atomic E-state index is -3.11. The number of sulfonamides is 1. The Morgan fingerprint density at radius 3 is 2.90 bits per heavy atom. The molecule has 1 unspecified atom stereocenters. The predicted molar refractivity (Wildman–Crippen MR) is 74.8 cm³/mol. The number of rotatable bonds is 3. The Morgan fingerprint density at radius 1 is 1.25 bits per heavy atom. The van der Waals surface area contributed by atoms with Crippen LogP contribution in [-0.2, 0) is 22.9 Å². The van der Waals surface area contributed by atoms with Crippen LogP contribution in [0.2, 0.25) is 0 Å². The van der Waals surface area contributed by atoms with Crippen molar-refractivity contribution >= 4 is 21.1 Å². The van der Waals surface area contributed by atoms with E-state index in [1.54, 1.807) is 6.20 Å². The van der Waals surface area contributed by atoms with Crippen LogP contribution in [0.1, 0.15) is 30.4 Å². The predicted octanol–water partition coefficient (Wildman–Crippen LogP) is 0.897. The van der Waals surface area contributed by atoms with Crippen molar-refractivity contribution in [2.75, 3.05) is 0 Å². The number of nitrogens with one attached hydrogen (secondary N) is 2. The maximum atomic E-state index is 12.0. The summed E-state index contributed by atoms with van der Waals surface area (Å²) in [6.45, 7) is 0. The first-order chi connectivity index (χ1) is 9.63. The molecule has 2 aliphatic rings. The van der Waals surface area contributed by atoms with E-state index in [9.17, 15) is 8.42 Å². The molecular formula is C13H16N4O2S. The zero-order valence-electron chi connectivity index (χ0n) is 11.0. The number of aromatic nitrogens is 3. The van der Waals surface area contributed by atoms with E-state index < -0.39 is 10.0 Å². The van der Waals surface area contributed by atoms with Crippen molar-refractivity contribution < 1.29 is 8.42 Å². The van der Waals surface area contributed by atoms with Crippen molar-refractivity contribution in [1.82, 2.24) is 19.9 Å². The second-order valence-electron chi connectivity index (χ2n) is 5.70. The fourth-order valence-corrected chi connectivity index (χ4v) is 4.57. The Morgan fingerprint density at radius 2 is 2.10 bits per heavy atom. The van der Waals surface area contributed by atoms with Gasteiger partial charge in [0.25, 0.3) is 0 Å². The Bertz CT molecular complexity index is 764. The summed E-state index contributed by atoms with van der Waals surface area (Å²) in [6, 6.07) is -0.000693. The van der Waals surface area contributed by atoms with Gasteiger partial charge in [0, 0.05) is 17.6 Å². The maximum absolute atomic E-state index is 12.0. The molecule has 2 aromatic heterocycles. The highest BCUT2D eigenvalue weighted by Gasteiger charge is 2.37. The van der Waals surface area contributed by atoms with Crippen molar-refractivity contribution in [2.45, 2.75) is 43.4 Å². The molecule has 1 saturated carbocycles. The van der Waals surface area contributed by atoms with Gasteiger partial charge in [-0.25, -0.2) is 18.1 Å². The Labute approximate surface area is 117 Å². The Balaban J connectivity index is 1.60. The highest BCUT2D eigenvalue weighted by atomic mass is 32.2. The average molecular weight is 292 g/mol. The van der Waals surface area contributed by atoms with E-state index >= 15 is 0 Å². The summed E-state index contributed by atoms with van der Waals surface area (Å²) in [6.07, 6.45) is 7.67. The third-order valence-electron chi connectivity index (χ3n) is 4.18. The number of H-pyrrole nitrogens is 1. The van der Waals surface area contributed by atoms with Gasteiger partial charge in [0.2, 0.25) is 10.0 Å². The molecule has 0 aromatic carbocycles. The number of pyridine rings is 1. The summed E-state index contributed by atoms with van der Waals surface area (Å²) in [5.41, 5.74) is 3.19. The number of fused-ring (bicyclic) bond motifs is 3. The molecule has 0 spiro atoms. The lowest BCUT2D eigenvalue weighted by molar-refractivity contribution is 0.507. The zero-order chi connectivity index (χ0) is 13.7. The van der Waals surface area contributed by atoms with E-state index in [0.717, 1.165) is 48.7 Å². The minimum absolute atomic E-state index is 0.000693. The number of hydrogen-bond acceptors (Lipinski definition) is 4. The quantitative estimate of drug-likeness (QED) is 0.879. The van der Waals surface area contributed by atoms with E-state index in [1.807, 2.05) is 6.20 Å². The minimum Gasteiger partial charge on any atom is -0.261 e. The Kier molecular flexibility index (Phi) is 2.62. The standard InChI is InChI=1S/C13H16N4O2S/c18-20(19,10-2-3-10)17-9-1-4-11-8(5-9)6-14-13-12(11)7-15-16-13/h6-7,9-10,17H,1-5H2,(H,14,15,16). The number of nitrogens with zero attached hydrogens (tertiary/aromatic N) is 2. The zero-order valence-corrected chi connectivity index (χ0v) is 11.8. The van der Waals surface area contributed by atoms with Crippen LogP contribution in [-0.4, -0.2) is 34.9 Å². The number of aromatic amines is 1. The van der Waals surface area contributed by atoms with Crippen molar-refractivity contribution in [3.63, 3.8) is 0 Å². The van der Waals surface area contributed by atoms with Gasteiger partial charge in [-0.15, -0.1) is 0 Å². The van der Waals surface area contributed by atoms with Crippen molar-refractivity contribution in [1.29, 1.82) is 0 Å². The van der Waals surface area contributed by atoms with Crippen LogP contribution in [0.25, 0.3) is 11.0 Å². The summed E-state index contributed by atoms with van der Waals surface area (Å²) in [4.78, 5) is 4.34. The van der Waals surface area contributed by atoms with Gasteiger partial charge in [0.1, 0.15) is 0 Å². The number of aryl methyl sites for hydroxylation is 1.